The summed E-state index contributed by atoms with van der Waals surface area (Å²) in [6.07, 6.45) is 0. The van der Waals surface area contributed by atoms with E-state index in [9.17, 15) is 10.5 Å². The Morgan fingerprint density at radius 2 is 1.24 bits per heavy atom. The number of methoxy groups -OCH3 is 2. The van der Waals surface area contributed by atoms with Crippen molar-refractivity contribution in [3.63, 3.8) is 0 Å². The van der Waals surface area contributed by atoms with Crippen LogP contribution in [0, 0.1) is 35.8 Å². The van der Waals surface area contributed by atoms with E-state index in [0.29, 0.717) is 21.4 Å². The minimum atomic E-state index is -0.669. The van der Waals surface area contributed by atoms with Crippen molar-refractivity contribution >= 4 is 62.0 Å². The summed E-state index contributed by atoms with van der Waals surface area (Å²) < 4.78 is 24.8. The van der Waals surface area contributed by atoms with Gasteiger partial charge >= 0.3 is 5.96 Å². The summed E-state index contributed by atoms with van der Waals surface area (Å²) in [6, 6.07) is 15.7. The molecule has 0 amide bonds. The molecule has 5 aromatic rings. The van der Waals surface area contributed by atoms with Gasteiger partial charge in [0.25, 0.3) is 5.00 Å². The third-order valence-electron chi connectivity index (χ3n) is 8.51. The fourth-order valence-electron chi connectivity index (χ4n) is 6.14. The van der Waals surface area contributed by atoms with Crippen molar-refractivity contribution in [1.29, 1.82) is 10.5 Å². The van der Waals surface area contributed by atoms with Gasteiger partial charge in [0.2, 0.25) is 0 Å². The Bertz CT molecular complexity index is 2500. The number of ether oxygens (including phenoxy) is 4. The van der Waals surface area contributed by atoms with Gasteiger partial charge in [0.15, 0.2) is 5.57 Å². The zero-order chi connectivity index (χ0) is 36.4. The number of fused-ring (bicyclic) bond motifs is 6. The smallest absolute Gasteiger partial charge is 0.495 e. The molecule has 4 aromatic heterocycles. The largest absolute Gasteiger partial charge is 0.635 e. The van der Waals surface area contributed by atoms with Gasteiger partial charge in [-0.2, -0.15) is 10.5 Å². The SMILES string of the molecule is [C-]#[N+]C(=Nc1cc(OC)c(-c2cc3c(s2)-c2cc4c(cc2C(C)(C)O3)-c2sc(-c3sc(C(N)=C(C#N)C#N)cc3OC)cc2OC4(C)C)s1)[N+]#[C-]. The van der Waals surface area contributed by atoms with Crippen LogP contribution in [0.1, 0.15) is 43.7 Å². The van der Waals surface area contributed by atoms with Gasteiger partial charge in [-0.05, 0) is 53.0 Å². The first-order chi connectivity index (χ1) is 24.4. The van der Waals surface area contributed by atoms with Crippen LogP contribution >= 0.6 is 45.3 Å². The zero-order valence-electron chi connectivity index (χ0n) is 28.0. The molecule has 0 atom stereocenters. The van der Waals surface area contributed by atoms with Crippen molar-refractivity contribution in [1.82, 2.24) is 0 Å². The van der Waals surface area contributed by atoms with Crippen molar-refractivity contribution in [2.75, 3.05) is 14.2 Å². The number of guanidine groups is 1. The molecular weight excluding hydrogens is 721 g/mol. The van der Waals surface area contributed by atoms with Gasteiger partial charge < -0.3 is 24.7 Å². The average molecular weight is 747 g/mol. The predicted octanol–water partition coefficient (Wildman–Crippen LogP) is 10.4. The van der Waals surface area contributed by atoms with E-state index >= 15 is 0 Å². The van der Waals surface area contributed by atoms with Crippen LogP contribution in [0.2, 0.25) is 0 Å². The van der Waals surface area contributed by atoms with E-state index in [1.807, 2.05) is 24.3 Å². The number of hydrogen-bond donors (Lipinski definition) is 1. The Hall–Kier alpha value is -5.61. The van der Waals surface area contributed by atoms with Crippen LogP contribution in [0.25, 0.3) is 55.8 Å². The second-order valence-corrected chi connectivity index (χ2v) is 16.6. The van der Waals surface area contributed by atoms with E-state index in [1.54, 1.807) is 49.0 Å². The second-order valence-electron chi connectivity index (χ2n) is 12.4. The third-order valence-corrected chi connectivity index (χ3v) is 13.3. The van der Waals surface area contributed by atoms with E-state index in [4.69, 9.17) is 37.8 Å². The van der Waals surface area contributed by atoms with E-state index < -0.39 is 11.2 Å². The van der Waals surface area contributed by atoms with Gasteiger partial charge in [-0.1, -0.05) is 11.3 Å². The minimum Gasteiger partial charge on any atom is -0.495 e. The number of nitriles is 2. The summed E-state index contributed by atoms with van der Waals surface area (Å²) in [5.41, 5.74) is 9.02. The lowest BCUT2D eigenvalue weighted by molar-refractivity contribution is 0.102. The van der Waals surface area contributed by atoms with Gasteiger partial charge in [0, 0.05) is 45.4 Å². The molecule has 1 aromatic carbocycles. The fraction of sp³-hybridized carbons (Fsp3) is 0.216. The minimum absolute atomic E-state index is 0.115. The topological polar surface area (TPSA) is 132 Å². The lowest BCUT2D eigenvalue weighted by atomic mass is 9.81. The summed E-state index contributed by atoms with van der Waals surface area (Å²) in [4.78, 5) is 16.6. The molecule has 2 aliphatic heterocycles. The molecule has 0 saturated carbocycles. The highest BCUT2D eigenvalue weighted by Gasteiger charge is 2.41. The number of benzene rings is 1. The molecular formula is C37H26N6O4S4. The first-order valence-corrected chi connectivity index (χ1v) is 18.5. The maximum absolute atomic E-state index is 9.37. The molecule has 0 saturated heterocycles. The molecule has 51 heavy (non-hydrogen) atoms. The molecule has 0 unspecified atom stereocenters. The molecule has 7 rings (SSSR count). The number of rotatable bonds is 6. The predicted molar refractivity (Wildman–Crippen MR) is 203 cm³/mol. The van der Waals surface area contributed by atoms with Crippen molar-refractivity contribution < 1.29 is 18.9 Å². The molecule has 0 fully saturated rings. The van der Waals surface area contributed by atoms with E-state index in [0.717, 1.165) is 63.0 Å². The third kappa shape index (κ3) is 5.50. The zero-order valence-corrected chi connectivity index (χ0v) is 31.3. The lowest BCUT2D eigenvalue weighted by Gasteiger charge is -2.38. The molecule has 14 heteroatoms. The van der Waals surface area contributed by atoms with Gasteiger partial charge in [0.1, 0.15) is 46.3 Å². The van der Waals surface area contributed by atoms with Crippen LogP contribution < -0.4 is 24.7 Å². The maximum Gasteiger partial charge on any atom is 0.635 e. The first-order valence-electron chi connectivity index (χ1n) is 15.2. The fourth-order valence-corrected chi connectivity index (χ4v) is 10.7. The highest BCUT2D eigenvalue weighted by molar-refractivity contribution is 7.26. The summed E-state index contributed by atoms with van der Waals surface area (Å²) in [5, 5.41) is 19.3. The standard InChI is InChI=1S/C37H26N6O4S4/c1-36(2)20-10-19-21(37(3,4)47-25-13-28(50-32(19)25)34-23(45-8)14-29(51-34)43-35(41-5)42-6)9-18(20)31-24(46-36)12-27(49-31)33-22(44-7)11-26(48-33)30(40)17(15-38)16-39/h9-14H,40H2,1-4,7-8H3. The second kappa shape index (κ2) is 12.3. The number of allylic oxidation sites excluding steroid dienone is 1. The van der Waals surface area contributed by atoms with Crippen molar-refractivity contribution in [2.45, 2.75) is 38.9 Å². The number of thiophene rings is 4. The van der Waals surface area contributed by atoms with Gasteiger partial charge in [-0.15, -0.1) is 34.0 Å². The van der Waals surface area contributed by atoms with E-state index in [2.05, 4.69) is 54.5 Å². The van der Waals surface area contributed by atoms with Crippen LogP contribution in [-0.4, -0.2) is 20.2 Å². The van der Waals surface area contributed by atoms with Crippen LogP contribution in [0.4, 0.5) is 5.00 Å². The lowest BCUT2D eigenvalue weighted by Crippen LogP contribution is -2.32. The van der Waals surface area contributed by atoms with Gasteiger partial charge in [-0.3, -0.25) is 0 Å². The van der Waals surface area contributed by atoms with Gasteiger partial charge in [0.05, 0.1) is 60.1 Å². The number of nitrogens with two attached hydrogens (primary N) is 1. The Morgan fingerprint density at radius 3 is 1.71 bits per heavy atom. The quantitative estimate of drug-likeness (QED) is 0.0792. The number of nitrogens with zero attached hydrogens (tertiary/aromatic N) is 5. The Kier molecular flexibility index (Phi) is 8.18. The van der Waals surface area contributed by atoms with Crippen LogP contribution in [0.5, 0.6) is 23.0 Å². The summed E-state index contributed by atoms with van der Waals surface area (Å²) in [6.45, 7) is 22.7. The molecule has 6 heterocycles. The molecule has 2 N–H and O–H groups in total. The van der Waals surface area contributed by atoms with Crippen LogP contribution in [0.3, 0.4) is 0 Å². The molecule has 252 valence electrons. The van der Waals surface area contributed by atoms with Crippen molar-refractivity contribution in [2.24, 2.45) is 10.7 Å². The molecule has 0 aliphatic carbocycles. The highest BCUT2D eigenvalue weighted by atomic mass is 32.1. The molecule has 2 aliphatic rings. The molecule has 0 spiro atoms. The van der Waals surface area contributed by atoms with Crippen molar-refractivity contribution in [3.05, 3.63) is 80.8 Å². The number of aliphatic imine (C=N–C) groups is 1. The summed E-state index contributed by atoms with van der Waals surface area (Å²) >= 11 is 5.88. The van der Waals surface area contributed by atoms with Crippen molar-refractivity contribution in [3.8, 4) is 75.5 Å². The number of hydrogen-bond acceptors (Lipinski definition) is 12. The molecule has 0 radical (unpaired) electrons. The van der Waals surface area contributed by atoms with Gasteiger partial charge in [-0.25, -0.2) is 9.69 Å². The molecule has 0 bridgehead atoms. The van der Waals surface area contributed by atoms with Crippen LogP contribution in [0.15, 0.2) is 47.0 Å². The monoisotopic (exact) mass is 746 g/mol. The Morgan fingerprint density at radius 1 is 0.745 bits per heavy atom. The van der Waals surface area contributed by atoms with E-state index in [-0.39, 0.29) is 17.2 Å². The average Bonchev–Trinajstić information content (AvgIpc) is 3.91. The van der Waals surface area contributed by atoms with E-state index in [1.165, 1.54) is 22.7 Å². The Balaban J connectivity index is 1.35. The summed E-state index contributed by atoms with van der Waals surface area (Å²) in [5.74, 6) is 2.45. The first kappa shape index (κ1) is 33.9. The summed E-state index contributed by atoms with van der Waals surface area (Å²) in [7, 11) is 3.17. The normalized spacial score (nSPS) is 13.9. The maximum atomic E-state index is 9.37. The van der Waals surface area contributed by atoms with Crippen LogP contribution in [-0.2, 0) is 11.2 Å². The molecule has 10 nitrogen and oxygen atoms in total. The highest BCUT2D eigenvalue weighted by Crippen LogP contribution is 2.59. The Labute approximate surface area is 310 Å².